The van der Waals surface area contributed by atoms with Crippen LogP contribution in [-0.2, 0) is 18.7 Å². The number of benzene rings is 4. The Morgan fingerprint density at radius 1 is 0.610 bits per heavy atom. The summed E-state index contributed by atoms with van der Waals surface area (Å²) in [6.45, 7) is 1.96. The first-order valence-corrected chi connectivity index (χ1v) is 12.2. The number of hydrogen-bond donors (Lipinski definition) is 0. The molecular formula is C30H20F10O. The van der Waals surface area contributed by atoms with Gasteiger partial charge in [-0.05, 0) is 72.0 Å². The Bertz CT molecular complexity index is 1550. The van der Waals surface area contributed by atoms with E-state index in [1.54, 1.807) is 6.07 Å². The summed E-state index contributed by atoms with van der Waals surface area (Å²) >= 11 is 0. The van der Waals surface area contributed by atoms with Crippen molar-refractivity contribution >= 4 is 0 Å². The maximum atomic E-state index is 14.8. The molecule has 41 heavy (non-hydrogen) atoms. The number of unbranched alkanes of at least 4 members (excludes halogenated alkanes) is 1. The van der Waals surface area contributed by atoms with Crippen LogP contribution in [0, 0.1) is 29.1 Å². The molecule has 0 spiro atoms. The van der Waals surface area contributed by atoms with E-state index in [1.807, 2.05) is 6.92 Å². The molecule has 4 aromatic rings. The highest BCUT2D eigenvalue weighted by Gasteiger charge is 2.38. The van der Waals surface area contributed by atoms with E-state index in [9.17, 15) is 43.9 Å². The van der Waals surface area contributed by atoms with Crippen molar-refractivity contribution in [1.82, 2.24) is 0 Å². The van der Waals surface area contributed by atoms with Gasteiger partial charge in [0.05, 0.1) is 11.1 Å². The van der Waals surface area contributed by atoms with E-state index in [-0.39, 0.29) is 22.8 Å². The number of alkyl halides is 5. The van der Waals surface area contributed by atoms with Crippen molar-refractivity contribution in [3.05, 3.63) is 113 Å². The van der Waals surface area contributed by atoms with Gasteiger partial charge in [0.25, 0.3) is 0 Å². The summed E-state index contributed by atoms with van der Waals surface area (Å²) in [6.07, 6.45) is -7.20. The third kappa shape index (κ3) is 6.49. The van der Waals surface area contributed by atoms with Crippen LogP contribution in [0.5, 0.6) is 5.75 Å². The molecule has 0 radical (unpaired) electrons. The second kappa shape index (κ2) is 11.5. The van der Waals surface area contributed by atoms with Gasteiger partial charge in [0.15, 0.2) is 17.4 Å². The molecule has 216 valence electrons. The van der Waals surface area contributed by atoms with Crippen molar-refractivity contribution in [3.63, 3.8) is 0 Å². The zero-order chi connectivity index (χ0) is 30.1. The predicted molar refractivity (Wildman–Crippen MR) is 132 cm³/mol. The molecule has 0 heterocycles. The Labute approximate surface area is 228 Å². The van der Waals surface area contributed by atoms with Crippen LogP contribution in [-0.4, -0.2) is 0 Å². The fraction of sp³-hybridized carbons (Fsp3) is 0.200. The van der Waals surface area contributed by atoms with E-state index < -0.39 is 63.8 Å². The molecule has 11 heteroatoms. The monoisotopic (exact) mass is 586 g/mol. The number of rotatable bonds is 8. The number of aryl methyl sites for hydroxylation is 1. The highest BCUT2D eigenvalue weighted by atomic mass is 19.4. The lowest BCUT2D eigenvalue weighted by atomic mass is 10.00. The minimum Gasteiger partial charge on any atom is -0.423 e. The SMILES string of the molecule is CCCCc1ccc(-c2cc(F)c(OC(F)(F)c3ccc(-c4ccc(C(F)(F)F)c(F)c4)c(F)c3)c(F)c2)c(F)c1. The maximum absolute atomic E-state index is 14.8. The van der Waals surface area contributed by atoms with Gasteiger partial charge >= 0.3 is 12.3 Å². The third-order valence-corrected chi connectivity index (χ3v) is 6.28. The van der Waals surface area contributed by atoms with Crippen LogP contribution in [0.4, 0.5) is 43.9 Å². The predicted octanol–water partition coefficient (Wildman–Crippen LogP) is 10.2. The number of halogens is 10. The number of ether oxygens (including phenoxy) is 1. The highest BCUT2D eigenvalue weighted by Crippen LogP contribution is 2.39. The Balaban J connectivity index is 1.59. The van der Waals surface area contributed by atoms with Gasteiger partial charge in [-0.1, -0.05) is 37.6 Å². The molecule has 0 fully saturated rings. The first kappa shape index (κ1) is 30.0. The van der Waals surface area contributed by atoms with Crippen LogP contribution in [0.2, 0.25) is 0 Å². The molecule has 0 aliphatic heterocycles. The zero-order valence-corrected chi connectivity index (χ0v) is 21.2. The smallest absolute Gasteiger partial charge is 0.423 e. The average molecular weight is 586 g/mol. The van der Waals surface area contributed by atoms with E-state index >= 15 is 0 Å². The fourth-order valence-electron chi connectivity index (χ4n) is 4.17. The Morgan fingerprint density at radius 3 is 1.76 bits per heavy atom. The molecule has 0 atom stereocenters. The molecule has 0 aliphatic rings. The van der Waals surface area contributed by atoms with E-state index in [1.165, 1.54) is 12.1 Å². The Morgan fingerprint density at radius 2 is 1.20 bits per heavy atom. The lowest BCUT2D eigenvalue weighted by Gasteiger charge is -2.20. The molecule has 0 aliphatic carbocycles. The minimum atomic E-state index is -5.00. The minimum absolute atomic E-state index is 0.168. The van der Waals surface area contributed by atoms with Crippen molar-refractivity contribution in [2.45, 2.75) is 38.5 Å². The molecule has 1 nitrogen and oxygen atoms in total. The van der Waals surface area contributed by atoms with Crippen molar-refractivity contribution in [1.29, 1.82) is 0 Å². The molecule has 4 aromatic carbocycles. The van der Waals surface area contributed by atoms with E-state index in [0.29, 0.717) is 42.3 Å². The number of hydrogen-bond acceptors (Lipinski definition) is 1. The lowest BCUT2D eigenvalue weighted by Crippen LogP contribution is -2.23. The van der Waals surface area contributed by atoms with E-state index in [2.05, 4.69) is 4.74 Å². The summed E-state index contributed by atoms with van der Waals surface area (Å²) in [5.74, 6) is -8.52. The van der Waals surface area contributed by atoms with Crippen molar-refractivity contribution in [2.24, 2.45) is 0 Å². The fourth-order valence-corrected chi connectivity index (χ4v) is 4.17. The molecule has 0 saturated heterocycles. The molecular weight excluding hydrogens is 566 g/mol. The summed E-state index contributed by atoms with van der Waals surface area (Å²) in [4.78, 5) is 0. The second-order valence-electron chi connectivity index (χ2n) is 9.19. The van der Waals surface area contributed by atoms with Gasteiger partial charge in [0.1, 0.15) is 17.5 Å². The average Bonchev–Trinajstić information content (AvgIpc) is 2.88. The lowest BCUT2D eigenvalue weighted by molar-refractivity contribution is -0.188. The molecule has 0 aromatic heterocycles. The summed E-state index contributed by atoms with van der Waals surface area (Å²) in [5.41, 5.74) is -3.44. The van der Waals surface area contributed by atoms with Gasteiger partial charge < -0.3 is 4.74 Å². The van der Waals surface area contributed by atoms with Gasteiger partial charge in [-0.3, -0.25) is 0 Å². The summed E-state index contributed by atoms with van der Waals surface area (Å²) in [5, 5.41) is 0. The van der Waals surface area contributed by atoms with Crippen LogP contribution in [0.15, 0.2) is 66.7 Å². The van der Waals surface area contributed by atoms with Crippen molar-refractivity contribution < 1.29 is 48.6 Å². The quantitative estimate of drug-likeness (QED) is 0.187. The Hall–Kier alpha value is -4.02. The van der Waals surface area contributed by atoms with E-state index in [4.69, 9.17) is 0 Å². The molecule has 4 rings (SSSR count). The zero-order valence-electron chi connectivity index (χ0n) is 21.2. The molecule has 0 saturated carbocycles. The highest BCUT2D eigenvalue weighted by molar-refractivity contribution is 5.66. The third-order valence-electron chi connectivity index (χ3n) is 6.28. The van der Waals surface area contributed by atoms with Crippen molar-refractivity contribution in [3.8, 4) is 28.0 Å². The second-order valence-corrected chi connectivity index (χ2v) is 9.19. The van der Waals surface area contributed by atoms with Gasteiger partial charge in [0, 0.05) is 11.1 Å². The summed E-state index contributed by atoms with van der Waals surface area (Å²) in [7, 11) is 0. The summed E-state index contributed by atoms with van der Waals surface area (Å²) < 4.78 is 145. The van der Waals surface area contributed by atoms with Crippen LogP contribution >= 0.6 is 0 Å². The largest absolute Gasteiger partial charge is 0.427 e. The molecule has 0 bridgehead atoms. The van der Waals surface area contributed by atoms with Gasteiger partial charge in [0.2, 0.25) is 0 Å². The Kier molecular flexibility index (Phi) is 8.37. The van der Waals surface area contributed by atoms with Crippen LogP contribution < -0.4 is 4.74 Å². The van der Waals surface area contributed by atoms with Crippen LogP contribution in [0.25, 0.3) is 22.3 Å². The van der Waals surface area contributed by atoms with Gasteiger partial charge in [-0.25, -0.2) is 22.0 Å². The first-order chi connectivity index (χ1) is 19.2. The normalized spacial score (nSPS) is 12.1. The molecule has 0 unspecified atom stereocenters. The topological polar surface area (TPSA) is 9.23 Å². The van der Waals surface area contributed by atoms with Crippen LogP contribution in [0.3, 0.4) is 0 Å². The summed E-state index contributed by atoms with van der Waals surface area (Å²) in [6, 6.07) is 8.44. The van der Waals surface area contributed by atoms with Gasteiger partial charge in [-0.15, -0.1) is 0 Å². The van der Waals surface area contributed by atoms with Crippen LogP contribution in [0.1, 0.15) is 36.5 Å². The standard InChI is InChI=1S/C30H20F10O/c1-2-3-4-16-5-8-21(23(31)11-16)18-13-26(34)28(27(35)14-18)41-30(39,40)19-7-9-20(24(32)15-19)17-6-10-22(25(33)12-17)29(36,37)38/h5-15H,2-4H2,1H3. The molecule has 0 N–H and O–H groups in total. The first-order valence-electron chi connectivity index (χ1n) is 12.2. The van der Waals surface area contributed by atoms with E-state index in [0.717, 1.165) is 25.0 Å². The van der Waals surface area contributed by atoms with Gasteiger partial charge in [-0.2, -0.15) is 22.0 Å². The molecule has 0 amide bonds. The maximum Gasteiger partial charge on any atom is 0.427 e. The van der Waals surface area contributed by atoms with Crippen molar-refractivity contribution in [2.75, 3.05) is 0 Å².